The molecule has 2 heterocycles. The Morgan fingerprint density at radius 2 is 2.28 bits per heavy atom. The fourth-order valence-electron chi connectivity index (χ4n) is 2.20. The van der Waals surface area contributed by atoms with Crippen molar-refractivity contribution in [2.45, 2.75) is 31.7 Å². The summed E-state index contributed by atoms with van der Waals surface area (Å²) in [5, 5.41) is -0.0895. The van der Waals surface area contributed by atoms with Crippen LogP contribution >= 0.6 is 23.4 Å². The largest absolute Gasteiger partial charge is 0.323 e. The SMILES string of the molecule is CCC(CSC)n1c(C(C)Cl)nc2cnccc21. The van der Waals surface area contributed by atoms with Crippen LogP contribution in [0.2, 0.25) is 0 Å². The summed E-state index contributed by atoms with van der Waals surface area (Å²) in [7, 11) is 0. The van der Waals surface area contributed by atoms with E-state index < -0.39 is 0 Å². The lowest BCUT2D eigenvalue weighted by atomic mass is 10.2. The third-order valence-electron chi connectivity index (χ3n) is 3.07. The Kier molecular flexibility index (Phi) is 4.51. The number of hydrogen-bond donors (Lipinski definition) is 0. The van der Waals surface area contributed by atoms with Crippen LogP contribution in [0.15, 0.2) is 18.5 Å². The summed E-state index contributed by atoms with van der Waals surface area (Å²) < 4.78 is 2.28. The number of alkyl halides is 1. The molecular weight excluding hydrogens is 266 g/mol. The smallest absolute Gasteiger partial charge is 0.128 e. The quantitative estimate of drug-likeness (QED) is 0.776. The standard InChI is InChI=1S/C13H18ClN3S/c1-4-10(8-18-3)17-12-5-6-15-7-11(12)16-13(17)9(2)14/h5-7,9-10H,4,8H2,1-3H3. The molecular formula is C13H18ClN3S. The Hall–Kier alpha value is -0.740. The van der Waals surface area contributed by atoms with E-state index in [0.29, 0.717) is 6.04 Å². The molecule has 0 aliphatic heterocycles. The zero-order valence-electron chi connectivity index (χ0n) is 10.9. The Morgan fingerprint density at radius 3 is 2.89 bits per heavy atom. The minimum Gasteiger partial charge on any atom is -0.323 e. The summed E-state index contributed by atoms with van der Waals surface area (Å²) in [6.07, 6.45) is 6.83. The molecule has 0 fully saturated rings. The van der Waals surface area contributed by atoms with Crippen molar-refractivity contribution in [3.05, 3.63) is 24.3 Å². The van der Waals surface area contributed by atoms with Crippen LogP contribution in [0.3, 0.4) is 0 Å². The van der Waals surface area contributed by atoms with Crippen LogP contribution in [0.5, 0.6) is 0 Å². The van der Waals surface area contributed by atoms with Gasteiger partial charge in [-0.25, -0.2) is 4.98 Å². The molecule has 0 saturated heterocycles. The van der Waals surface area contributed by atoms with Gasteiger partial charge in [0.1, 0.15) is 11.3 Å². The summed E-state index contributed by atoms with van der Waals surface area (Å²) in [5.74, 6) is 2.02. The lowest BCUT2D eigenvalue weighted by Gasteiger charge is -2.20. The fourth-order valence-corrected chi connectivity index (χ4v) is 3.12. The Balaban J connectivity index is 2.60. The number of thioether (sulfide) groups is 1. The van der Waals surface area contributed by atoms with E-state index in [4.69, 9.17) is 11.6 Å². The second-order valence-electron chi connectivity index (χ2n) is 4.34. The minimum atomic E-state index is -0.0895. The second-order valence-corrected chi connectivity index (χ2v) is 5.90. The number of fused-ring (bicyclic) bond motifs is 1. The van der Waals surface area contributed by atoms with Crippen LogP contribution in [0, 0.1) is 0 Å². The topological polar surface area (TPSA) is 30.7 Å². The van der Waals surface area contributed by atoms with Crippen molar-refractivity contribution in [3.8, 4) is 0 Å². The van der Waals surface area contributed by atoms with E-state index in [0.717, 1.165) is 29.0 Å². The number of halogens is 1. The maximum atomic E-state index is 6.27. The van der Waals surface area contributed by atoms with Crippen molar-refractivity contribution >= 4 is 34.4 Å². The zero-order chi connectivity index (χ0) is 13.1. The summed E-state index contributed by atoms with van der Waals surface area (Å²) in [4.78, 5) is 8.76. The molecule has 0 radical (unpaired) electrons. The molecule has 0 amide bonds. The van der Waals surface area contributed by atoms with Gasteiger partial charge in [-0.3, -0.25) is 4.98 Å². The van der Waals surface area contributed by atoms with E-state index in [9.17, 15) is 0 Å². The minimum absolute atomic E-state index is 0.0895. The summed E-state index contributed by atoms with van der Waals surface area (Å²) in [6.45, 7) is 4.18. The molecule has 2 aromatic rings. The highest BCUT2D eigenvalue weighted by molar-refractivity contribution is 7.98. The summed E-state index contributed by atoms with van der Waals surface area (Å²) >= 11 is 8.12. The van der Waals surface area contributed by atoms with Crippen LogP contribution in [0.25, 0.3) is 11.0 Å². The first-order valence-corrected chi connectivity index (χ1v) is 7.96. The lowest BCUT2D eigenvalue weighted by molar-refractivity contribution is 0.530. The van der Waals surface area contributed by atoms with Crippen LogP contribution < -0.4 is 0 Å². The maximum absolute atomic E-state index is 6.27. The van der Waals surface area contributed by atoms with Gasteiger partial charge in [0.05, 0.1) is 17.1 Å². The van der Waals surface area contributed by atoms with Crippen molar-refractivity contribution in [2.75, 3.05) is 12.0 Å². The molecule has 0 spiro atoms. The number of imidazole rings is 1. The Morgan fingerprint density at radius 1 is 1.50 bits per heavy atom. The predicted octanol–water partition coefficient (Wildman–Crippen LogP) is 4.05. The summed E-state index contributed by atoms with van der Waals surface area (Å²) in [5.41, 5.74) is 2.06. The van der Waals surface area contributed by atoms with E-state index in [2.05, 4.69) is 27.7 Å². The van der Waals surface area contributed by atoms with Crippen LogP contribution in [0.1, 0.15) is 37.5 Å². The van der Waals surface area contributed by atoms with Gasteiger partial charge in [0.2, 0.25) is 0 Å². The fraction of sp³-hybridized carbons (Fsp3) is 0.538. The highest BCUT2D eigenvalue weighted by atomic mass is 35.5. The molecule has 3 nitrogen and oxygen atoms in total. The van der Waals surface area contributed by atoms with Gasteiger partial charge >= 0.3 is 0 Å². The van der Waals surface area contributed by atoms with Gasteiger partial charge in [0.25, 0.3) is 0 Å². The van der Waals surface area contributed by atoms with Gasteiger partial charge in [-0.05, 0) is 25.7 Å². The molecule has 0 aliphatic rings. The van der Waals surface area contributed by atoms with Crippen LogP contribution in [0.4, 0.5) is 0 Å². The zero-order valence-corrected chi connectivity index (χ0v) is 12.5. The Bertz CT molecular complexity index is 524. The predicted molar refractivity (Wildman–Crippen MR) is 79.5 cm³/mol. The van der Waals surface area contributed by atoms with Gasteiger partial charge in [0.15, 0.2) is 0 Å². The molecule has 0 aromatic carbocycles. The number of pyridine rings is 1. The van der Waals surface area contributed by atoms with Crippen molar-refractivity contribution in [1.82, 2.24) is 14.5 Å². The molecule has 2 rings (SSSR count). The highest BCUT2D eigenvalue weighted by Crippen LogP contribution is 2.30. The summed E-state index contributed by atoms with van der Waals surface area (Å²) in [6, 6.07) is 2.46. The highest BCUT2D eigenvalue weighted by Gasteiger charge is 2.20. The van der Waals surface area contributed by atoms with Crippen molar-refractivity contribution in [3.63, 3.8) is 0 Å². The number of nitrogens with zero attached hydrogens (tertiary/aromatic N) is 3. The second kappa shape index (κ2) is 5.93. The van der Waals surface area contributed by atoms with E-state index in [1.807, 2.05) is 30.9 Å². The van der Waals surface area contributed by atoms with Gasteiger partial charge in [0, 0.05) is 18.0 Å². The van der Waals surface area contributed by atoms with E-state index in [-0.39, 0.29) is 5.38 Å². The van der Waals surface area contributed by atoms with Gasteiger partial charge in [-0.2, -0.15) is 11.8 Å². The van der Waals surface area contributed by atoms with E-state index in [1.165, 1.54) is 0 Å². The van der Waals surface area contributed by atoms with Crippen molar-refractivity contribution in [2.24, 2.45) is 0 Å². The number of hydrogen-bond acceptors (Lipinski definition) is 3. The average molecular weight is 284 g/mol. The van der Waals surface area contributed by atoms with Gasteiger partial charge in [-0.1, -0.05) is 6.92 Å². The maximum Gasteiger partial charge on any atom is 0.128 e. The molecule has 0 aliphatic carbocycles. The molecule has 0 N–H and O–H groups in total. The van der Waals surface area contributed by atoms with Gasteiger partial charge in [-0.15, -0.1) is 11.6 Å². The molecule has 2 aromatic heterocycles. The average Bonchev–Trinajstić information content (AvgIpc) is 2.75. The molecule has 0 bridgehead atoms. The molecule has 0 saturated carbocycles. The first-order chi connectivity index (χ1) is 8.69. The molecule has 2 unspecified atom stereocenters. The van der Waals surface area contributed by atoms with E-state index in [1.54, 1.807) is 6.20 Å². The first kappa shape index (κ1) is 13.7. The molecule has 2 atom stereocenters. The van der Waals surface area contributed by atoms with Crippen LogP contribution in [-0.4, -0.2) is 26.5 Å². The van der Waals surface area contributed by atoms with Gasteiger partial charge < -0.3 is 4.57 Å². The normalized spacial score (nSPS) is 14.9. The Labute approximate surface area is 117 Å². The third-order valence-corrected chi connectivity index (χ3v) is 3.98. The lowest BCUT2D eigenvalue weighted by Crippen LogP contribution is -2.14. The first-order valence-electron chi connectivity index (χ1n) is 6.13. The number of aromatic nitrogens is 3. The van der Waals surface area contributed by atoms with Crippen LogP contribution in [-0.2, 0) is 0 Å². The van der Waals surface area contributed by atoms with Crippen molar-refractivity contribution < 1.29 is 0 Å². The van der Waals surface area contributed by atoms with E-state index >= 15 is 0 Å². The monoisotopic (exact) mass is 283 g/mol. The molecule has 98 valence electrons. The molecule has 5 heteroatoms. The number of rotatable bonds is 5. The third kappa shape index (κ3) is 2.50. The molecule has 18 heavy (non-hydrogen) atoms. The van der Waals surface area contributed by atoms with Crippen molar-refractivity contribution in [1.29, 1.82) is 0 Å².